The van der Waals surface area contributed by atoms with Gasteiger partial charge in [0, 0.05) is 12.3 Å². The summed E-state index contributed by atoms with van der Waals surface area (Å²) in [5, 5.41) is 0. The number of alkyl halides is 1. The zero-order valence-corrected chi connectivity index (χ0v) is 11.2. The van der Waals surface area contributed by atoms with Gasteiger partial charge in [0.25, 0.3) is 0 Å². The van der Waals surface area contributed by atoms with Gasteiger partial charge < -0.3 is 9.64 Å². The van der Waals surface area contributed by atoms with E-state index in [2.05, 4.69) is 48.5 Å². The van der Waals surface area contributed by atoms with E-state index in [0.29, 0.717) is 11.5 Å². The Morgan fingerprint density at radius 3 is 2.42 bits per heavy atom. The Morgan fingerprint density at radius 1 is 1.50 bits per heavy atom. The summed E-state index contributed by atoms with van der Waals surface area (Å²) in [6.45, 7) is 3.16. The summed E-state index contributed by atoms with van der Waals surface area (Å²) in [6.07, 6.45) is 0.454. The maximum Gasteiger partial charge on any atom is 0.100 e. The van der Waals surface area contributed by atoms with Crippen LogP contribution in [0.4, 0.5) is 0 Å². The molecule has 0 amide bonds. The summed E-state index contributed by atoms with van der Waals surface area (Å²) >= 11 is 4.05. The maximum absolute atomic E-state index is 5.59. The van der Waals surface area contributed by atoms with E-state index < -0.39 is 0 Å². The minimum absolute atomic E-state index is 0.407. The van der Waals surface area contributed by atoms with Crippen molar-refractivity contribution in [2.45, 2.75) is 18.5 Å². The minimum atomic E-state index is 0.407. The van der Waals surface area contributed by atoms with Crippen molar-refractivity contribution in [3.63, 3.8) is 0 Å². The van der Waals surface area contributed by atoms with Crippen molar-refractivity contribution < 1.29 is 4.74 Å². The number of nitrogens with zero attached hydrogens (tertiary/aromatic N) is 1. The average Bonchev–Trinajstić information content (AvgIpc) is 2.39. The molecule has 0 saturated carbocycles. The Balaban J connectivity index is 0.000000561. The normalized spacial score (nSPS) is 28.5. The standard InChI is InChI=1S/C7H15NOS.CH3I/c1-6-9-7(5-10-6)4-8(2)3;1-2/h6-7H,4-5H2,1-3H3;1H3. The highest BCUT2D eigenvalue weighted by Gasteiger charge is 2.22. The van der Waals surface area contributed by atoms with E-state index in [9.17, 15) is 0 Å². The first-order valence-electron chi connectivity index (χ1n) is 3.98. The van der Waals surface area contributed by atoms with Gasteiger partial charge in [-0.2, -0.15) is 0 Å². The molecule has 1 fully saturated rings. The van der Waals surface area contributed by atoms with Crippen molar-refractivity contribution in [2.75, 3.05) is 31.3 Å². The summed E-state index contributed by atoms with van der Waals surface area (Å²) < 4.78 is 5.59. The molecule has 2 nitrogen and oxygen atoms in total. The van der Waals surface area contributed by atoms with Crippen LogP contribution < -0.4 is 0 Å². The van der Waals surface area contributed by atoms with E-state index in [1.54, 1.807) is 0 Å². The molecule has 0 bridgehead atoms. The van der Waals surface area contributed by atoms with Crippen LogP contribution in [0, 0.1) is 0 Å². The third kappa shape index (κ3) is 5.61. The van der Waals surface area contributed by atoms with Crippen LogP contribution in [0.5, 0.6) is 0 Å². The molecule has 4 heteroatoms. The number of halogens is 1. The number of ether oxygens (including phenoxy) is 1. The molecular weight excluding hydrogens is 285 g/mol. The molecule has 1 aliphatic rings. The number of hydrogen-bond acceptors (Lipinski definition) is 3. The van der Waals surface area contributed by atoms with Crippen molar-refractivity contribution in [2.24, 2.45) is 0 Å². The summed E-state index contributed by atoms with van der Waals surface area (Å²) in [7, 11) is 4.16. The zero-order valence-electron chi connectivity index (χ0n) is 8.21. The molecule has 0 N–H and O–H groups in total. The van der Waals surface area contributed by atoms with E-state index in [1.165, 1.54) is 0 Å². The molecule has 2 unspecified atom stereocenters. The topological polar surface area (TPSA) is 12.5 Å². The lowest BCUT2D eigenvalue weighted by Gasteiger charge is -2.14. The van der Waals surface area contributed by atoms with E-state index in [0.717, 1.165) is 12.3 Å². The van der Waals surface area contributed by atoms with E-state index >= 15 is 0 Å². The van der Waals surface area contributed by atoms with Gasteiger partial charge in [0.1, 0.15) is 5.44 Å². The van der Waals surface area contributed by atoms with Gasteiger partial charge in [-0.3, -0.25) is 0 Å². The lowest BCUT2D eigenvalue weighted by atomic mass is 10.4. The van der Waals surface area contributed by atoms with Gasteiger partial charge in [-0.05, 0) is 25.9 Å². The second-order valence-electron chi connectivity index (χ2n) is 2.92. The fourth-order valence-corrected chi connectivity index (χ4v) is 2.00. The third-order valence-electron chi connectivity index (χ3n) is 1.47. The van der Waals surface area contributed by atoms with Crippen LogP contribution in [-0.4, -0.2) is 47.8 Å². The van der Waals surface area contributed by atoms with Crippen LogP contribution >= 0.6 is 34.4 Å². The minimum Gasteiger partial charge on any atom is -0.362 e. The number of thioether (sulfide) groups is 1. The Morgan fingerprint density at radius 2 is 2.08 bits per heavy atom. The van der Waals surface area contributed by atoms with Gasteiger partial charge in [-0.1, -0.05) is 22.6 Å². The first kappa shape index (κ1) is 13.0. The molecule has 1 rings (SSSR count). The molecule has 0 aromatic heterocycles. The van der Waals surface area contributed by atoms with Gasteiger partial charge in [-0.25, -0.2) is 0 Å². The van der Waals surface area contributed by atoms with Crippen molar-refractivity contribution in [1.29, 1.82) is 0 Å². The quantitative estimate of drug-likeness (QED) is 0.572. The number of likely N-dealkylation sites (N-methyl/N-ethyl adjacent to an activating group) is 1. The highest BCUT2D eigenvalue weighted by atomic mass is 127. The fourth-order valence-electron chi connectivity index (χ4n) is 1.10. The monoisotopic (exact) mass is 303 g/mol. The van der Waals surface area contributed by atoms with Crippen LogP contribution in [0.1, 0.15) is 6.92 Å². The van der Waals surface area contributed by atoms with Crippen molar-refractivity contribution in [1.82, 2.24) is 4.90 Å². The predicted molar refractivity (Wildman–Crippen MR) is 65.3 cm³/mol. The fraction of sp³-hybridized carbons (Fsp3) is 1.00. The molecule has 0 aromatic carbocycles. The molecule has 74 valence electrons. The molecule has 12 heavy (non-hydrogen) atoms. The molecule has 0 aromatic rings. The molecule has 0 radical (unpaired) electrons. The van der Waals surface area contributed by atoms with Gasteiger partial charge >= 0.3 is 0 Å². The van der Waals surface area contributed by atoms with Crippen molar-refractivity contribution >= 4 is 34.4 Å². The summed E-state index contributed by atoms with van der Waals surface area (Å²) in [6, 6.07) is 0. The molecular formula is C8H18INOS. The Kier molecular flexibility index (Phi) is 8.03. The molecule has 1 heterocycles. The highest BCUT2D eigenvalue weighted by molar-refractivity contribution is 14.1. The average molecular weight is 303 g/mol. The lowest BCUT2D eigenvalue weighted by Crippen LogP contribution is -2.27. The summed E-state index contributed by atoms with van der Waals surface area (Å²) in [4.78, 5) is 4.14. The van der Waals surface area contributed by atoms with Crippen LogP contribution in [0.25, 0.3) is 0 Å². The Hall–Kier alpha value is 1.00. The van der Waals surface area contributed by atoms with Crippen LogP contribution in [-0.2, 0) is 4.74 Å². The number of hydrogen-bond donors (Lipinski definition) is 0. The van der Waals surface area contributed by atoms with E-state index in [-0.39, 0.29) is 0 Å². The van der Waals surface area contributed by atoms with Crippen LogP contribution in [0.2, 0.25) is 0 Å². The Labute approximate surface area is 93.6 Å². The third-order valence-corrected chi connectivity index (χ3v) is 2.61. The first-order valence-corrected chi connectivity index (χ1v) is 7.18. The van der Waals surface area contributed by atoms with Crippen LogP contribution in [0.3, 0.4) is 0 Å². The lowest BCUT2D eigenvalue weighted by molar-refractivity contribution is 0.0578. The molecule has 0 aliphatic carbocycles. The van der Waals surface area contributed by atoms with E-state index in [4.69, 9.17) is 4.74 Å². The summed E-state index contributed by atoms with van der Waals surface area (Å²) in [5.74, 6) is 1.15. The second-order valence-corrected chi connectivity index (χ2v) is 4.25. The second kappa shape index (κ2) is 7.41. The largest absolute Gasteiger partial charge is 0.362 e. The zero-order chi connectivity index (χ0) is 9.56. The van der Waals surface area contributed by atoms with Gasteiger partial charge in [0.2, 0.25) is 0 Å². The van der Waals surface area contributed by atoms with Crippen molar-refractivity contribution in [3.8, 4) is 0 Å². The maximum atomic E-state index is 5.59. The van der Waals surface area contributed by atoms with Gasteiger partial charge in [-0.15, -0.1) is 11.8 Å². The van der Waals surface area contributed by atoms with E-state index in [1.807, 2.05) is 16.7 Å². The highest BCUT2D eigenvalue weighted by Crippen LogP contribution is 2.24. The molecule has 1 aliphatic heterocycles. The SMILES string of the molecule is CC1OC(CN(C)C)CS1.CI. The Bertz CT molecular complexity index is 113. The van der Waals surface area contributed by atoms with Crippen molar-refractivity contribution in [3.05, 3.63) is 0 Å². The van der Waals surface area contributed by atoms with Gasteiger partial charge in [0.15, 0.2) is 0 Å². The molecule has 1 saturated heterocycles. The van der Waals surface area contributed by atoms with Gasteiger partial charge in [0.05, 0.1) is 6.10 Å². The van der Waals surface area contributed by atoms with Crippen LogP contribution in [0.15, 0.2) is 0 Å². The first-order chi connectivity index (χ1) is 5.68. The summed E-state index contributed by atoms with van der Waals surface area (Å²) in [5.41, 5.74) is 0.407. The molecule has 2 atom stereocenters. The molecule has 0 spiro atoms. The smallest absolute Gasteiger partial charge is 0.100 e. The predicted octanol–water partition coefficient (Wildman–Crippen LogP) is 2.08. The number of rotatable bonds is 2.